The lowest BCUT2D eigenvalue weighted by Gasteiger charge is -2.23. The molecule has 1 aromatic carbocycles. The van der Waals surface area contributed by atoms with Crippen molar-refractivity contribution in [3.8, 4) is 0 Å². The number of carbonyl (C=O) groups is 1. The van der Waals surface area contributed by atoms with Gasteiger partial charge >= 0.3 is 0 Å². The van der Waals surface area contributed by atoms with Crippen LogP contribution in [0.4, 0.5) is 0 Å². The maximum atomic E-state index is 11.2. The van der Waals surface area contributed by atoms with E-state index in [-0.39, 0.29) is 5.91 Å². The third kappa shape index (κ3) is 3.09. The number of amides is 1. The smallest absolute Gasteiger partial charge is 0.218 e. The van der Waals surface area contributed by atoms with Gasteiger partial charge in [0.25, 0.3) is 0 Å². The van der Waals surface area contributed by atoms with Gasteiger partial charge in [0, 0.05) is 6.42 Å². The van der Waals surface area contributed by atoms with Gasteiger partial charge in [0.1, 0.15) is 0 Å². The van der Waals surface area contributed by atoms with Crippen LogP contribution in [0.25, 0.3) is 0 Å². The van der Waals surface area contributed by atoms with Gasteiger partial charge in [-0.05, 0) is 37.2 Å². The van der Waals surface area contributed by atoms with E-state index >= 15 is 0 Å². The Bertz CT molecular complexity index is 394. The minimum Gasteiger partial charge on any atom is -0.370 e. The van der Waals surface area contributed by atoms with Crippen molar-refractivity contribution in [2.45, 2.75) is 44.9 Å². The summed E-state index contributed by atoms with van der Waals surface area (Å²) in [7, 11) is 0. The number of carbonyl (C=O) groups excluding carboxylic acids is 1. The maximum Gasteiger partial charge on any atom is 0.218 e. The van der Waals surface area contributed by atoms with Crippen LogP contribution in [0.15, 0.2) is 24.3 Å². The largest absolute Gasteiger partial charge is 0.370 e. The highest BCUT2D eigenvalue weighted by molar-refractivity contribution is 5.74. The Hall–Kier alpha value is -1.31. The highest BCUT2D eigenvalue weighted by Gasteiger charge is 2.27. The van der Waals surface area contributed by atoms with Crippen LogP contribution in [0.3, 0.4) is 0 Å². The highest BCUT2D eigenvalue weighted by Crippen LogP contribution is 2.39. The summed E-state index contributed by atoms with van der Waals surface area (Å²) in [5.41, 5.74) is 7.94. The van der Waals surface area contributed by atoms with Gasteiger partial charge in [-0.25, -0.2) is 0 Å². The molecular formula is C15H21NO. The van der Waals surface area contributed by atoms with Crippen molar-refractivity contribution < 1.29 is 4.79 Å². The summed E-state index contributed by atoms with van der Waals surface area (Å²) in [6.07, 6.45) is 5.57. The number of rotatable bonds is 4. The van der Waals surface area contributed by atoms with Crippen molar-refractivity contribution in [2.75, 3.05) is 0 Å². The van der Waals surface area contributed by atoms with E-state index in [1.807, 2.05) is 0 Å². The molecule has 0 bridgehead atoms. The molecule has 2 nitrogen and oxygen atoms in total. The fourth-order valence-electron chi connectivity index (χ4n) is 3.03. The van der Waals surface area contributed by atoms with E-state index in [1.54, 1.807) is 0 Å². The lowest BCUT2D eigenvalue weighted by molar-refractivity contribution is -0.118. The van der Waals surface area contributed by atoms with E-state index in [2.05, 4.69) is 31.2 Å². The van der Waals surface area contributed by atoms with Crippen molar-refractivity contribution in [1.82, 2.24) is 0 Å². The number of aryl methyl sites for hydroxylation is 1. The summed E-state index contributed by atoms with van der Waals surface area (Å²) >= 11 is 0. The van der Waals surface area contributed by atoms with Crippen LogP contribution >= 0.6 is 0 Å². The van der Waals surface area contributed by atoms with Gasteiger partial charge in [-0.3, -0.25) is 4.79 Å². The Morgan fingerprint density at radius 1 is 1.41 bits per heavy atom. The summed E-state index contributed by atoms with van der Waals surface area (Å²) in [4.78, 5) is 11.2. The Morgan fingerprint density at radius 2 is 2.12 bits per heavy atom. The second kappa shape index (κ2) is 5.35. The van der Waals surface area contributed by atoms with Gasteiger partial charge in [0.05, 0.1) is 0 Å². The second-order valence-electron chi connectivity index (χ2n) is 5.24. The molecule has 1 aromatic rings. The third-order valence-electron chi connectivity index (χ3n) is 3.86. The zero-order valence-corrected chi connectivity index (χ0v) is 10.5. The summed E-state index contributed by atoms with van der Waals surface area (Å²) in [6.45, 7) is 2.10. The van der Waals surface area contributed by atoms with Crippen LogP contribution in [-0.2, 0) is 4.79 Å². The first-order valence-electron chi connectivity index (χ1n) is 6.51. The molecule has 1 unspecified atom stereocenters. The van der Waals surface area contributed by atoms with Crippen LogP contribution in [0.1, 0.15) is 49.1 Å². The molecule has 1 atom stereocenters. The fourth-order valence-corrected chi connectivity index (χ4v) is 3.03. The molecule has 1 aliphatic rings. The maximum absolute atomic E-state index is 11.2. The first kappa shape index (κ1) is 12.2. The first-order valence-corrected chi connectivity index (χ1v) is 6.51. The van der Waals surface area contributed by atoms with Crippen molar-refractivity contribution >= 4 is 5.91 Å². The van der Waals surface area contributed by atoms with Crippen molar-refractivity contribution in [2.24, 2.45) is 11.7 Å². The summed E-state index contributed by atoms with van der Waals surface area (Å²) in [5.74, 6) is 0.794. The van der Waals surface area contributed by atoms with E-state index in [0.29, 0.717) is 18.3 Å². The molecule has 2 N–H and O–H groups in total. The van der Waals surface area contributed by atoms with E-state index in [0.717, 1.165) is 0 Å². The minimum atomic E-state index is -0.177. The average Bonchev–Trinajstić information content (AvgIpc) is 2.79. The predicted molar refractivity (Wildman–Crippen MR) is 69.7 cm³/mol. The van der Waals surface area contributed by atoms with Gasteiger partial charge < -0.3 is 5.73 Å². The fraction of sp³-hybridized carbons (Fsp3) is 0.533. The van der Waals surface area contributed by atoms with Crippen LogP contribution in [-0.4, -0.2) is 5.91 Å². The molecular weight excluding hydrogens is 210 g/mol. The second-order valence-corrected chi connectivity index (χ2v) is 5.24. The molecule has 1 fully saturated rings. The normalized spacial score (nSPS) is 18.2. The van der Waals surface area contributed by atoms with E-state index in [1.165, 1.54) is 36.8 Å². The molecule has 0 aliphatic heterocycles. The predicted octanol–water partition coefficient (Wildman–Crippen LogP) is 3.14. The zero-order chi connectivity index (χ0) is 12.3. The molecule has 92 valence electrons. The SMILES string of the molecule is Cc1cccc(C(CC(N)=O)C2CCCC2)c1. The monoisotopic (exact) mass is 231 g/mol. The molecule has 1 saturated carbocycles. The third-order valence-corrected chi connectivity index (χ3v) is 3.86. The Kier molecular flexibility index (Phi) is 3.82. The number of nitrogens with two attached hydrogens (primary N) is 1. The van der Waals surface area contributed by atoms with Crippen LogP contribution in [0.5, 0.6) is 0 Å². The van der Waals surface area contributed by atoms with Gasteiger partial charge in [-0.1, -0.05) is 42.7 Å². The van der Waals surface area contributed by atoms with Crippen LogP contribution < -0.4 is 5.73 Å². The molecule has 0 saturated heterocycles. The molecule has 0 heterocycles. The quantitative estimate of drug-likeness (QED) is 0.850. The van der Waals surface area contributed by atoms with E-state index < -0.39 is 0 Å². The molecule has 1 amide bonds. The van der Waals surface area contributed by atoms with E-state index in [9.17, 15) is 4.79 Å². The lowest BCUT2D eigenvalue weighted by Crippen LogP contribution is -2.20. The van der Waals surface area contributed by atoms with Gasteiger partial charge in [-0.15, -0.1) is 0 Å². The van der Waals surface area contributed by atoms with Gasteiger partial charge in [0.2, 0.25) is 5.91 Å². The van der Waals surface area contributed by atoms with Crippen LogP contribution in [0.2, 0.25) is 0 Å². The Labute approximate surface area is 103 Å². The van der Waals surface area contributed by atoms with Gasteiger partial charge in [-0.2, -0.15) is 0 Å². The molecule has 2 rings (SSSR count). The minimum absolute atomic E-state index is 0.177. The molecule has 2 heteroatoms. The van der Waals surface area contributed by atoms with Crippen LogP contribution in [0, 0.1) is 12.8 Å². The summed E-state index contributed by atoms with van der Waals surface area (Å²) in [6, 6.07) is 8.51. The standard InChI is InChI=1S/C15H21NO/c1-11-5-4-8-13(9-11)14(10-15(16)17)12-6-2-3-7-12/h4-5,8-9,12,14H,2-3,6-7,10H2,1H3,(H2,16,17). The Morgan fingerprint density at radius 3 is 2.71 bits per heavy atom. The number of benzene rings is 1. The molecule has 17 heavy (non-hydrogen) atoms. The molecule has 0 radical (unpaired) electrons. The number of primary amides is 1. The molecule has 0 spiro atoms. The lowest BCUT2D eigenvalue weighted by atomic mass is 9.82. The first-order chi connectivity index (χ1) is 8.16. The highest BCUT2D eigenvalue weighted by atomic mass is 16.1. The Balaban J connectivity index is 2.22. The van der Waals surface area contributed by atoms with Crippen molar-refractivity contribution in [1.29, 1.82) is 0 Å². The summed E-state index contributed by atoms with van der Waals surface area (Å²) < 4.78 is 0. The van der Waals surface area contributed by atoms with Gasteiger partial charge in [0.15, 0.2) is 0 Å². The van der Waals surface area contributed by atoms with E-state index in [4.69, 9.17) is 5.73 Å². The molecule has 1 aliphatic carbocycles. The average molecular weight is 231 g/mol. The summed E-state index contributed by atoms with van der Waals surface area (Å²) in [5, 5.41) is 0. The zero-order valence-electron chi connectivity index (χ0n) is 10.5. The van der Waals surface area contributed by atoms with Crippen molar-refractivity contribution in [3.63, 3.8) is 0 Å². The van der Waals surface area contributed by atoms with Crippen molar-refractivity contribution in [3.05, 3.63) is 35.4 Å². The molecule has 0 aromatic heterocycles. The number of hydrogen-bond donors (Lipinski definition) is 1. The topological polar surface area (TPSA) is 43.1 Å². The number of hydrogen-bond acceptors (Lipinski definition) is 1.